The fourth-order valence-corrected chi connectivity index (χ4v) is 0.807. The molecular weight excluding hydrogens is 138 g/mol. The van der Waals surface area contributed by atoms with Gasteiger partial charge in [-0.1, -0.05) is 17.7 Å². The van der Waals surface area contributed by atoms with Crippen molar-refractivity contribution >= 4 is 5.91 Å². The van der Waals surface area contributed by atoms with Gasteiger partial charge in [0.1, 0.15) is 0 Å². The topological polar surface area (TPSA) is 29.1 Å². The molecule has 0 fully saturated rings. The average Bonchev–Trinajstić information content (AvgIpc) is 2.05. The molecule has 1 amide bonds. The Bertz CT molecular complexity index is 251. The molecule has 0 aliphatic rings. The van der Waals surface area contributed by atoms with Crippen LogP contribution >= 0.6 is 0 Å². The van der Waals surface area contributed by atoms with Gasteiger partial charge in [0, 0.05) is 12.6 Å². The normalized spacial score (nSPS) is 9.27. The number of carbonyl (C=O) groups excluding carboxylic acids is 1. The van der Waals surface area contributed by atoms with E-state index in [0.717, 1.165) is 5.56 Å². The van der Waals surface area contributed by atoms with Crippen LogP contribution in [0.25, 0.3) is 0 Å². The molecule has 1 rings (SSSR count). The highest BCUT2D eigenvalue weighted by atomic mass is 16.1. The van der Waals surface area contributed by atoms with Gasteiger partial charge in [0.2, 0.25) is 0 Å². The molecule has 0 saturated carbocycles. The van der Waals surface area contributed by atoms with E-state index in [4.69, 9.17) is 0 Å². The number of hydrogen-bond acceptors (Lipinski definition) is 1. The van der Waals surface area contributed by atoms with Crippen LogP contribution in [0.15, 0.2) is 24.3 Å². The molecule has 0 bridgehead atoms. The van der Waals surface area contributed by atoms with E-state index >= 15 is 0 Å². The zero-order chi connectivity index (χ0) is 8.27. The lowest BCUT2D eigenvalue weighted by Gasteiger charge is -1.98. The molecule has 0 aromatic heterocycles. The molecule has 0 aliphatic heterocycles. The van der Waals surface area contributed by atoms with Gasteiger partial charge >= 0.3 is 0 Å². The quantitative estimate of drug-likeness (QED) is 0.642. The summed E-state index contributed by atoms with van der Waals surface area (Å²) < 4.78 is 0. The predicted molar refractivity (Wildman–Crippen MR) is 44.0 cm³/mol. The summed E-state index contributed by atoms with van der Waals surface area (Å²) in [6.07, 6.45) is 0. The van der Waals surface area contributed by atoms with Gasteiger partial charge in [-0.15, -0.1) is 0 Å². The van der Waals surface area contributed by atoms with E-state index < -0.39 is 0 Å². The molecule has 0 atom stereocenters. The number of nitrogens with one attached hydrogen (secondary N) is 1. The van der Waals surface area contributed by atoms with Gasteiger partial charge in [0.15, 0.2) is 0 Å². The first-order chi connectivity index (χ1) is 5.24. The zero-order valence-electron chi connectivity index (χ0n) is 6.42. The molecule has 11 heavy (non-hydrogen) atoms. The third kappa shape index (κ3) is 1.80. The zero-order valence-corrected chi connectivity index (χ0v) is 6.42. The van der Waals surface area contributed by atoms with Crippen LogP contribution in [0.2, 0.25) is 0 Å². The van der Waals surface area contributed by atoms with Gasteiger partial charge in [-0.2, -0.15) is 0 Å². The summed E-state index contributed by atoms with van der Waals surface area (Å²) in [7, 11) is 3.28. The molecule has 0 spiro atoms. The van der Waals surface area contributed by atoms with E-state index in [9.17, 15) is 4.79 Å². The number of carbonyl (C=O) groups is 1. The molecule has 2 nitrogen and oxygen atoms in total. The van der Waals surface area contributed by atoms with Crippen LogP contribution in [0.3, 0.4) is 0 Å². The van der Waals surface area contributed by atoms with Gasteiger partial charge in [-0.25, -0.2) is 0 Å². The minimum Gasteiger partial charge on any atom is -0.350 e. The van der Waals surface area contributed by atoms with E-state index in [0.29, 0.717) is 5.56 Å². The molecule has 0 saturated heterocycles. The first-order valence-electron chi connectivity index (χ1n) is 3.38. The van der Waals surface area contributed by atoms with Crippen LogP contribution in [0.5, 0.6) is 0 Å². The van der Waals surface area contributed by atoms with Crippen LogP contribution in [0.4, 0.5) is 0 Å². The minimum absolute atomic E-state index is 0.148. The second-order valence-electron chi connectivity index (χ2n) is 2.37. The second-order valence-corrected chi connectivity index (χ2v) is 2.37. The van der Waals surface area contributed by atoms with E-state index in [2.05, 4.69) is 12.4 Å². The Balaban J connectivity index is 2.90. The smallest absolute Gasteiger partial charge is 0.251 e. The number of amides is 1. The summed E-state index contributed by atoms with van der Waals surface area (Å²) in [6, 6.07) is 7.33. The first kappa shape index (κ1) is 7.79. The molecule has 1 radical (unpaired) electrons. The van der Waals surface area contributed by atoms with Crippen molar-refractivity contribution in [2.75, 3.05) is 0 Å². The molecular formula is C9H10NO. The summed E-state index contributed by atoms with van der Waals surface area (Å²) in [5.41, 5.74) is 1.79. The fraction of sp³-hybridized carbons (Fsp3) is 0.111. The monoisotopic (exact) mass is 148 g/mol. The van der Waals surface area contributed by atoms with Crippen LogP contribution in [-0.4, -0.2) is 5.91 Å². The highest BCUT2D eigenvalue weighted by Crippen LogP contribution is 2.01. The van der Waals surface area contributed by atoms with E-state index in [-0.39, 0.29) is 5.91 Å². The summed E-state index contributed by atoms with van der Waals surface area (Å²) in [5, 5.41) is 2.31. The summed E-state index contributed by atoms with van der Waals surface area (Å²) in [6.45, 7) is 1.98. The van der Waals surface area contributed by atoms with Crippen molar-refractivity contribution in [2.24, 2.45) is 0 Å². The third-order valence-corrected chi connectivity index (χ3v) is 1.47. The Kier molecular flexibility index (Phi) is 2.26. The van der Waals surface area contributed by atoms with Gasteiger partial charge in [-0.05, 0) is 19.1 Å². The lowest BCUT2D eigenvalue weighted by Crippen LogP contribution is -2.15. The van der Waals surface area contributed by atoms with Crippen molar-refractivity contribution in [1.29, 1.82) is 0 Å². The maximum Gasteiger partial charge on any atom is 0.251 e. The molecule has 0 heterocycles. The molecule has 0 unspecified atom stereocenters. The number of aryl methyl sites for hydroxylation is 1. The van der Waals surface area contributed by atoms with Crippen molar-refractivity contribution in [1.82, 2.24) is 5.32 Å². The molecule has 1 aromatic rings. The Morgan fingerprint density at radius 3 is 2.36 bits per heavy atom. The molecule has 1 N–H and O–H groups in total. The van der Waals surface area contributed by atoms with Crippen molar-refractivity contribution in [3.63, 3.8) is 0 Å². The maximum absolute atomic E-state index is 11.0. The van der Waals surface area contributed by atoms with Gasteiger partial charge < -0.3 is 5.32 Å². The number of benzene rings is 1. The lowest BCUT2D eigenvalue weighted by molar-refractivity contribution is 0.0969. The van der Waals surface area contributed by atoms with Crippen molar-refractivity contribution < 1.29 is 4.79 Å². The molecule has 2 heteroatoms. The molecule has 0 aliphatic carbocycles. The van der Waals surface area contributed by atoms with Gasteiger partial charge in [0.25, 0.3) is 5.91 Å². The van der Waals surface area contributed by atoms with Gasteiger partial charge in [-0.3, -0.25) is 4.79 Å². The Labute approximate surface area is 66.2 Å². The summed E-state index contributed by atoms with van der Waals surface area (Å²) in [5.74, 6) is -0.148. The van der Waals surface area contributed by atoms with Crippen molar-refractivity contribution in [2.45, 2.75) is 6.92 Å². The van der Waals surface area contributed by atoms with E-state index in [1.807, 2.05) is 19.1 Å². The number of hydrogen-bond donors (Lipinski definition) is 1. The minimum atomic E-state index is -0.148. The Morgan fingerprint density at radius 2 is 1.91 bits per heavy atom. The predicted octanol–water partition coefficient (Wildman–Crippen LogP) is 1.52. The standard InChI is InChI=1S/C9H10NO/c1-7-3-5-8(6-4-7)9(11)10-2/h3-6H,2H2,1H3,(H,10,11). The van der Waals surface area contributed by atoms with Crippen LogP contribution in [0.1, 0.15) is 15.9 Å². The maximum atomic E-state index is 11.0. The largest absolute Gasteiger partial charge is 0.350 e. The fourth-order valence-electron chi connectivity index (χ4n) is 0.807. The lowest BCUT2D eigenvalue weighted by atomic mass is 10.1. The van der Waals surface area contributed by atoms with Crippen LogP contribution in [0, 0.1) is 14.0 Å². The second kappa shape index (κ2) is 3.19. The van der Waals surface area contributed by atoms with E-state index in [1.165, 1.54) is 0 Å². The molecule has 1 aromatic carbocycles. The first-order valence-corrected chi connectivity index (χ1v) is 3.38. The highest BCUT2D eigenvalue weighted by molar-refractivity contribution is 5.94. The van der Waals surface area contributed by atoms with Crippen molar-refractivity contribution in [3.05, 3.63) is 42.4 Å². The summed E-state index contributed by atoms with van der Waals surface area (Å²) >= 11 is 0. The van der Waals surface area contributed by atoms with Crippen LogP contribution < -0.4 is 5.32 Å². The Hall–Kier alpha value is -1.31. The van der Waals surface area contributed by atoms with E-state index in [1.54, 1.807) is 12.1 Å². The highest BCUT2D eigenvalue weighted by Gasteiger charge is 1.99. The SMILES string of the molecule is [CH2]NC(=O)c1ccc(C)cc1. The van der Waals surface area contributed by atoms with Crippen LogP contribution in [-0.2, 0) is 0 Å². The Morgan fingerprint density at radius 1 is 1.36 bits per heavy atom. The average molecular weight is 148 g/mol. The molecule has 57 valence electrons. The summed E-state index contributed by atoms with van der Waals surface area (Å²) in [4.78, 5) is 11.0. The van der Waals surface area contributed by atoms with Gasteiger partial charge in [0.05, 0.1) is 0 Å². The van der Waals surface area contributed by atoms with Crippen molar-refractivity contribution in [3.8, 4) is 0 Å². The number of rotatable bonds is 1. The third-order valence-electron chi connectivity index (χ3n) is 1.47.